The van der Waals surface area contributed by atoms with Crippen molar-refractivity contribution in [2.75, 3.05) is 6.79 Å². The minimum absolute atomic E-state index is 0.264. The summed E-state index contributed by atoms with van der Waals surface area (Å²) in [4.78, 5) is 0. The highest BCUT2D eigenvalue weighted by atomic mass is 16.7. The van der Waals surface area contributed by atoms with Crippen LogP contribution in [0.5, 0.6) is 11.5 Å². The van der Waals surface area contributed by atoms with E-state index in [0.29, 0.717) is 0 Å². The van der Waals surface area contributed by atoms with Crippen molar-refractivity contribution in [2.24, 2.45) is 10.2 Å². The summed E-state index contributed by atoms with van der Waals surface area (Å²) in [5, 5.41) is 8.75. The molecule has 4 heteroatoms. The summed E-state index contributed by atoms with van der Waals surface area (Å²) in [6, 6.07) is 25.8. The van der Waals surface area contributed by atoms with Crippen molar-refractivity contribution in [3.05, 3.63) is 95.6 Å². The molecule has 3 aromatic carbocycles. The SMILES string of the molecule is C(=N\N=C(c1ccccc1)c1ccccc1)/c1ccc2c(c1)OCO2. The van der Waals surface area contributed by atoms with Crippen molar-refractivity contribution in [2.45, 2.75) is 0 Å². The first-order valence-corrected chi connectivity index (χ1v) is 8.02. The molecule has 4 rings (SSSR count). The van der Waals surface area contributed by atoms with E-state index in [4.69, 9.17) is 9.47 Å². The van der Waals surface area contributed by atoms with Crippen LogP contribution >= 0.6 is 0 Å². The van der Waals surface area contributed by atoms with Crippen molar-refractivity contribution < 1.29 is 9.47 Å². The molecule has 0 bridgehead atoms. The zero-order valence-electron chi connectivity index (χ0n) is 13.5. The summed E-state index contributed by atoms with van der Waals surface area (Å²) in [5.74, 6) is 1.49. The summed E-state index contributed by atoms with van der Waals surface area (Å²) in [6.45, 7) is 0.264. The van der Waals surface area contributed by atoms with Crippen LogP contribution in [0.25, 0.3) is 0 Å². The molecule has 1 aliphatic heterocycles. The van der Waals surface area contributed by atoms with E-state index < -0.39 is 0 Å². The second-order valence-corrected chi connectivity index (χ2v) is 5.54. The number of benzene rings is 3. The van der Waals surface area contributed by atoms with Gasteiger partial charge in [-0.1, -0.05) is 60.7 Å². The van der Waals surface area contributed by atoms with Gasteiger partial charge in [-0.05, 0) is 23.8 Å². The molecular formula is C21H16N2O2. The Balaban J connectivity index is 1.65. The van der Waals surface area contributed by atoms with E-state index in [0.717, 1.165) is 33.9 Å². The van der Waals surface area contributed by atoms with E-state index in [9.17, 15) is 0 Å². The topological polar surface area (TPSA) is 43.2 Å². The van der Waals surface area contributed by atoms with Crippen molar-refractivity contribution in [1.82, 2.24) is 0 Å². The Bertz CT molecular complexity index is 878. The van der Waals surface area contributed by atoms with Gasteiger partial charge in [0.2, 0.25) is 6.79 Å². The van der Waals surface area contributed by atoms with E-state index in [1.54, 1.807) is 6.21 Å². The fourth-order valence-corrected chi connectivity index (χ4v) is 2.62. The average molecular weight is 328 g/mol. The molecule has 0 aromatic heterocycles. The van der Waals surface area contributed by atoms with Gasteiger partial charge in [0.25, 0.3) is 0 Å². The van der Waals surface area contributed by atoms with Gasteiger partial charge in [-0.15, -0.1) is 5.10 Å². The molecule has 0 radical (unpaired) electrons. The van der Waals surface area contributed by atoms with Gasteiger partial charge >= 0.3 is 0 Å². The first-order valence-electron chi connectivity index (χ1n) is 8.02. The van der Waals surface area contributed by atoms with Gasteiger partial charge in [0.15, 0.2) is 11.5 Å². The number of hydrogen-bond acceptors (Lipinski definition) is 4. The van der Waals surface area contributed by atoms with Crippen LogP contribution < -0.4 is 9.47 Å². The average Bonchev–Trinajstić information content (AvgIpc) is 3.14. The molecule has 1 heterocycles. The Morgan fingerprint density at radius 2 is 1.40 bits per heavy atom. The largest absolute Gasteiger partial charge is 0.454 e. The van der Waals surface area contributed by atoms with E-state index in [-0.39, 0.29) is 6.79 Å². The van der Waals surface area contributed by atoms with Gasteiger partial charge in [0.05, 0.1) is 6.21 Å². The second-order valence-electron chi connectivity index (χ2n) is 5.54. The zero-order chi connectivity index (χ0) is 16.9. The lowest BCUT2D eigenvalue weighted by molar-refractivity contribution is 0.174. The lowest BCUT2D eigenvalue weighted by Crippen LogP contribution is -2.02. The predicted octanol–water partition coefficient (Wildman–Crippen LogP) is 4.29. The predicted molar refractivity (Wildman–Crippen MR) is 98.7 cm³/mol. The molecule has 4 nitrogen and oxygen atoms in total. The Kier molecular flexibility index (Phi) is 4.25. The van der Waals surface area contributed by atoms with E-state index >= 15 is 0 Å². The van der Waals surface area contributed by atoms with Crippen LogP contribution in [0.3, 0.4) is 0 Å². The molecule has 1 aliphatic rings. The van der Waals surface area contributed by atoms with E-state index in [2.05, 4.69) is 10.2 Å². The molecule has 0 N–H and O–H groups in total. The summed E-state index contributed by atoms with van der Waals surface area (Å²) in [5.41, 5.74) is 3.79. The number of hydrogen-bond donors (Lipinski definition) is 0. The van der Waals surface area contributed by atoms with Crippen molar-refractivity contribution in [3.8, 4) is 11.5 Å². The zero-order valence-corrected chi connectivity index (χ0v) is 13.5. The van der Waals surface area contributed by atoms with Crippen LogP contribution in [0.1, 0.15) is 16.7 Å². The number of rotatable bonds is 4. The molecular weight excluding hydrogens is 312 g/mol. The van der Waals surface area contributed by atoms with Gasteiger partial charge in [0.1, 0.15) is 5.71 Å². The summed E-state index contributed by atoms with van der Waals surface area (Å²) in [6.07, 6.45) is 1.72. The minimum atomic E-state index is 0.264. The Labute approximate surface area is 146 Å². The van der Waals surface area contributed by atoms with Crippen molar-refractivity contribution >= 4 is 11.9 Å². The smallest absolute Gasteiger partial charge is 0.231 e. The fourth-order valence-electron chi connectivity index (χ4n) is 2.62. The van der Waals surface area contributed by atoms with Crippen molar-refractivity contribution in [3.63, 3.8) is 0 Å². The quantitative estimate of drug-likeness (QED) is 0.530. The number of ether oxygens (including phenoxy) is 2. The molecule has 0 atom stereocenters. The molecule has 0 spiro atoms. The second kappa shape index (κ2) is 7.01. The van der Waals surface area contributed by atoms with Crippen molar-refractivity contribution in [1.29, 1.82) is 0 Å². The van der Waals surface area contributed by atoms with E-state index in [1.807, 2.05) is 78.9 Å². The van der Waals surface area contributed by atoms with E-state index in [1.165, 1.54) is 0 Å². The normalized spacial score (nSPS) is 12.3. The number of fused-ring (bicyclic) bond motifs is 1. The lowest BCUT2D eigenvalue weighted by Gasteiger charge is -2.05. The van der Waals surface area contributed by atoms with Crippen LogP contribution in [0, 0.1) is 0 Å². The maximum Gasteiger partial charge on any atom is 0.231 e. The highest BCUT2D eigenvalue weighted by Gasteiger charge is 2.12. The Morgan fingerprint density at radius 3 is 2.08 bits per heavy atom. The Hall–Kier alpha value is -3.40. The maximum atomic E-state index is 5.39. The van der Waals surface area contributed by atoms with Gasteiger partial charge in [-0.25, -0.2) is 0 Å². The minimum Gasteiger partial charge on any atom is -0.454 e. The summed E-state index contributed by atoms with van der Waals surface area (Å²) < 4.78 is 10.7. The highest BCUT2D eigenvalue weighted by Crippen LogP contribution is 2.32. The van der Waals surface area contributed by atoms with Crippen LogP contribution in [0.4, 0.5) is 0 Å². The standard InChI is InChI=1S/C21H16N2O2/c1-3-7-17(8-4-1)21(18-9-5-2-6-10-18)23-22-14-16-11-12-19-20(13-16)25-15-24-19/h1-14H,15H2/b22-14+. The molecule has 25 heavy (non-hydrogen) atoms. The van der Waals surface area contributed by atoms with Gasteiger partial charge in [-0.2, -0.15) is 5.10 Å². The molecule has 122 valence electrons. The molecule has 0 unspecified atom stereocenters. The third kappa shape index (κ3) is 3.43. The number of nitrogens with zero attached hydrogens (tertiary/aromatic N) is 2. The third-order valence-corrected chi connectivity index (χ3v) is 3.86. The Morgan fingerprint density at radius 1 is 0.760 bits per heavy atom. The molecule has 3 aromatic rings. The maximum absolute atomic E-state index is 5.39. The molecule has 0 amide bonds. The highest BCUT2D eigenvalue weighted by molar-refractivity contribution is 6.12. The first-order chi connectivity index (χ1) is 12.4. The van der Waals surface area contributed by atoms with Gasteiger partial charge < -0.3 is 9.47 Å². The van der Waals surface area contributed by atoms with Crippen LogP contribution in [0.2, 0.25) is 0 Å². The van der Waals surface area contributed by atoms with Gasteiger partial charge in [-0.3, -0.25) is 0 Å². The van der Waals surface area contributed by atoms with Crippen LogP contribution in [0.15, 0.2) is 89.1 Å². The third-order valence-electron chi connectivity index (χ3n) is 3.86. The molecule has 0 saturated carbocycles. The van der Waals surface area contributed by atoms with Crippen LogP contribution in [-0.4, -0.2) is 18.7 Å². The monoisotopic (exact) mass is 328 g/mol. The molecule has 0 fully saturated rings. The summed E-state index contributed by atoms with van der Waals surface area (Å²) >= 11 is 0. The van der Waals surface area contributed by atoms with Gasteiger partial charge in [0, 0.05) is 11.1 Å². The first kappa shape index (κ1) is 15.1. The molecule has 0 saturated heterocycles. The fraction of sp³-hybridized carbons (Fsp3) is 0.0476. The van der Waals surface area contributed by atoms with Crippen LogP contribution in [-0.2, 0) is 0 Å². The molecule has 0 aliphatic carbocycles. The lowest BCUT2D eigenvalue weighted by atomic mass is 10.0. The summed E-state index contributed by atoms with van der Waals surface area (Å²) in [7, 11) is 0.